The van der Waals surface area contributed by atoms with Crippen molar-refractivity contribution in [3.63, 3.8) is 0 Å². The van der Waals surface area contributed by atoms with Gasteiger partial charge in [-0.05, 0) is 30.5 Å². The summed E-state index contributed by atoms with van der Waals surface area (Å²) in [4.78, 5) is 11.5. The van der Waals surface area contributed by atoms with Gasteiger partial charge in [-0.15, -0.1) is 11.3 Å². The van der Waals surface area contributed by atoms with Crippen LogP contribution < -0.4 is 4.72 Å². The summed E-state index contributed by atoms with van der Waals surface area (Å²) >= 11 is 8.12. The number of nitrogens with one attached hydrogen (secondary N) is 1. The van der Waals surface area contributed by atoms with Crippen molar-refractivity contribution in [2.24, 2.45) is 4.99 Å². The number of fused-ring (bicyclic) bond motifs is 1. The molecule has 0 bridgehead atoms. The summed E-state index contributed by atoms with van der Waals surface area (Å²) in [6, 6.07) is 4.60. The molecule has 202 valence electrons. The Kier molecular flexibility index (Phi) is 7.67. The first-order chi connectivity index (χ1) is 18.2. The van der Waals surface area contributed by atoms with Crippen LogP contribution in [0.25, 0.3) is 5.57 Å². The minimum Gasteiger partial charge on any atom is -0.326 e. The highest BCUT2D eigenvalue weighted by Crippen LogP contribution is 2.46. The van der Waals surface area contributed by atoms with Gasteiger partial charge < -0.3 is 4.90 Å². The Balaban J connectivity index is 1.66. The fourth-order valence-corrected chi connectivity index (χ4v) is 7.27. The third-order valence-electron chi connectivity index (χ3n) is 6.56. The van der Waals surface area contributed by atoms with Gasteiger partial charge in [-0.1, -0.05) is 37.1 Å². The number of unbranched alkanes of at least 4 members (excludes halogenated alkanes) is 1. The van der Waals surface area contributed by atoms with Gasteiger partial charge in [0.2, 0.25) is 10.0 Å². The topological polar surface area (TPSA) is 92.5 Å². The van der Waals surface area contributed by atoms with Gasteiger partial charge in [-0.2, -0.15) is 13.9 Å². The number of benzene rings is 1. The van der Waals surface area contributed by atoms with E-state index < -0.39 is 28.7 Å². The van der Waals surface area contributed by atoms with E-state index in [0.717, 1.165) is 17.7 Å². The Morgan fingerprint density at radius 2 is 2.13 bits per heavy atom. The highest BCUT2D eigenvalue weighted by atomic mass is 35.5. The number of aryl methyl sites for hydroxylation is 1. The number of sulfonamides is 1. The molecule has 0 saturated carbocycles. The number of aromatic nitrogens is 3. The average Bonchev–Trinajstić information content (AvgIpc) is 3.62. The number of rotatable bonds is 9. The molecular formula is C25H27ClF2N6O2S2. The SMILES string of the molecule is CCCCS(=O)(=O)N[C@H]1CC2=C(c3cnn(C(F)F)c3)[C@H](c3ccc(C)cc3Cl)N=C(c3nccs3)N2C1. The standard InChI is InChI=1S/C25H27ClF2N6O2S2/c1-3-4-9-38(35,36)32-17-11-20-21(16-12-30-34(13-16)25(27)28)22(18-6-5-15(2)10-19(18)26)31-23(33(20)14-17)24-29-7-8-37-24/h5-8,10,12-13,17,22,25,32H,3-4,9,11,14H2,1-2H3/t17-,22-/m0/s1. The van der Waals surface area contributed by atoms with Crippen molar-refractivity contribution in [1.82, 2.24) is 24.4 Å². The van der Waals surface area contributed by atoms with Gasteiger partial charge >= 0.3 is 6.55 Å². The van der Waals surface area contributed by atoms with E-state index >= 15 is 0 Å². The lowest BCUT2D eigenvalue weighted by atomic mass is 9.90. The molecule has 5 rings (SSSR count). The molecule has 2 aromatic heterocycles. The molecular weight excluding hydrogens is 554 g/mol. The van der Waals surface area contributed by atoms with E-state index in [4.69, 9.17) is 16.6 Å². The Morgan fingerprint density at radius 1 is 1.32 bits per heavy atom. The van der Waals surface area contributed by atoms with Crippen LogP contribution in [-0.4, -0.2) is 52.3 Å². The lowest BCUT2D eigenvalue weighted by molar-refractivity contribution is 0.0566. The van der Waals surface area contributed by atoms with Gasteiger partial charge in [0, 0.05) is 58.6 Å². The molecule has 13 heteroatoms. The second kappa shape index (κ2) is 10.8. The van der Waals surface area contributed by atoms with Crippen molar-refractivity contribution in [2.75, 3.05) is 12.3 Å². The van der Waals surface area contributed by atoms with Crippen molar-refractivity contribution in [3.05, 3.63) is 74.6 Å². The molecule has 3 aromatic rings. The zero-order valence-corrected chi connectivity index (χ0v) is 23.2. The maximum atomic E-state index is 13.5. The van der Waals surface area contributed by atoms with Crippen LogP contribution in [0.1, 0.15) is 60.5 Å². The number of alkyl halides is 2. The first-order valence-electron chi connectivity index (χ1n) is 12.2. The number of thiazole rings is 1. The van der Waals surface area contributed by atoms with Crippen molar-refractivity contribution in [1.29, 1.82) is 0 Å². The lowest BCUT2D eigenvalue weighted by Gasteiger charge is -2.32. The van der Waals surface area contributed by atoms with Gasteiger partial charge in [0.05, 0.1) is 11.9 Å². The number of hydrogen-bond acceptors (Lipinski definition) is 7. The number of aliphatic imine (C=N–C) groups is 1. The molecule has 0 spiro atoms. The largest absolute Gasteiger partial charge is 0.333 e. The van der Waals surface area contributed by atoms with Crippen LogP contribution in [0.2, 0.25) is 5.02 Å². The lowest BCUT2D eigenvalue weighted by Crippen LogP contribution is -2.40. The molecule has 38 heavy (non-hydrogen) atoms. The highest BCUT2D eigenvalue weighted by molar-refractivity contribution is 7.89. The zero-order chi connectivity index (χ0) is 27.0. The fourth-order valence-electron chi connectivity index (χ4n) is 4.84. The third-order valence-corrected chi connectivity index (χ3v) is 9.17. The van der Waals surface area contributed by atoms with Crippen molar-refractivity contribution >= 4 is 44.4 Å². The van der Waals surface area contributed by atoms with E-state index in [1.165, 1.54) is 23.7 Å². The Morgan fingerprint density at radius 3 is 2.79 bits per heavy atom. The van der Waals surface area contributed by atoms with E-state index in [2.05, 4.69) is 14.8 Å². The molecule has 2 aliphatic rings. The maximum absolute atomic E-state index is 13.5. The molecule has 1 fully saturated rings. The maximum Gasteiger partial charge on any atom is 0.333 e. The molecule has 1 N–H and O–H groups in total. The molecule has 1 aromatic carbocycles. The zero-order valence-electron chi connectivity index (χ0n) is 20.8. The summed E-state index contributed by atoms with van der Waals surface area (Å²) in [5, 5.41) is 6.88. The van der Waals surface area contributed by atoms with Crippen molar-refractivity contribution in [2.45, 2.75) is 51.7 Å². The average molecular weight is 581 g/mol. The smallest absolute Gasteiger partial charge is 0.326 e. The molecule has 0 radical (unpaired) electrons. The van der Waals surface area contributed by atoms with E-state index in [1.54, 1.807) is 6.20 Å². The van der Waals surface area contributed by atoms with Gasteiger partial charge in [-0.3, -0.25) is 4.99 Å². The number of amidine groups is 1. The molecule has 4 heterocycles. The Labute approximate surface area is 229 Å². The Hall–Kier alpha value is -2.67. The second-order valence-electron chi connectivity index (χ2n) is 9.37. The highest BCUT2D eigenvalue weighted by Gasteiger charge is 2.41. The summed E-state index contributed by atoms with van der Waals surface area (Å²) in [7, 11) is -3.50. The van der Waals surface area contributed by atoms with Crippen LogP contribution in [0.3, 0.4) is 0 Å². The summed E-state index contributed by atoms with van der Waals surface area (Å²) < 4.78 is 55.9. The normalized spacial score (nSPS) is 19.8. The summed E-state index contributed by atoms with van der Waals surface area (Å²) in [5.74, 6) is 0.638. The predicted molar refractivity (Wildman–Crippen MR) is 145 cm³/mol. The molecule has 0 unspecified atom stereocenters. The summed E-state index contributed by atoms with van der Waals surface area (Å²) in [5.41, 5.74) is 3.61. The van der Waals surface area contributed by atoms with Crippen LogP contribution in [0, 0.1) is 6.92 Å². The van der Waals surface area contributed by atoms with E-state index in [1.807, 2.05) is 42.3 Å². The van der Waals surface area contributed by atoms with Gasteiger partial charge in [0.15, 0.2) is 10.8 Å². The second-order valence-corrected chi connectivity index (χ2v) is 12.5. The number of halogens is 3. The van der Waals surface area contributed by atoms with Gasteiger partial charge in [-0.25, -0.2) is 22.8 Å². The van der Waals surface area contributed by atoms with Gasteiger partial charge in [0.1, 0.15) is 6.04 Å². The molecule has 8 nitrogen and oxygen atoms in total. The molecule has 2 atom stereocenters. The Bertz CT molecular complexity index is 1490. The molecule has 0 aliphatic carbocycles. The minimum atomic E-state index is -3.50. The third kappa shape index (κ3) is 5.40. The minimum absolute atomic E-state index is 0.0437. The summed E-state index contributed by atoms with van der Waals surface area (Å²) in [6.45, 7) is 1.40. The molecule has 1 saturated heterocycles. The predicted octanol–water partition coefficient (Wildman–Crippen LogP) is 5.40. The fraction of sp³-hybridized carbons (Fsp3) is 0.400. The van der Waals surface area contributed by atoms with Crippen LogP contribution in [0.5, 0.6) is 0 Å². The molecule has 2 aliphatic heterocycles. The number of nitrogens with zero attached hydrogens (tertiary/aromatic N) is 5. The summed E-state index contributed by atoms with van der Waals surface area (Å²) in [6.07, 6.45) is 6.05. The van der Waals surface area contributed by atoms with E-state index in [-0.39, 0.29) is 5.75 Å². The van der Waals surface area contributed by atoms with Crippen LogP contribution in [0.4, 0.5) is 8.78 Å². The van der Waals surface area contributed by atoms with Crippen LogP contribution >= 0.6 is 22.9 Å². The van der Waals surface area contributed by atoms with E-state index in [9.17, 15) is 17.2 Å². The molecule has 0 amide bonds. The van der Waals surface area contributed by atoms with Crippen molar-refractivity contribution in [3.8, 4) is 0 Å². The van der Waals surface area contributed by atoms with Gasteiger partial charge in [0.25, 0.3) is 0 Å². The van der Waals surface area contributed by atoms with Crippen molar-refractivity contribution < 1.29 is 17.2 Å². The van der Waals surface area contributed by atoms with E-state index in [0.29, 0.717) is 56.6 Å². The first kappa shape index (κ1) is 26.9. The monoisotopic (exact) mass is 580 g/mol. The number of hydrogen-bond donors (Lipinski definition) is 1. The van der Waals surface area contributed by atoms with Crippen LogP contribution in [-0.2, 0) is 10.0 Å². The quantitative estimate of drug-likeness (QED) is 0.366. The first-order valence-corrected chi connectivity index (χ1v) is 15.1. The van der Waals surface area contributed by atoms with Crippen LogP contribution in [0.15, 0.2) is 52.9 Å².